The van der Waals surface area contributed by atoms with Gasteiger partial charge in [-0.1, -0.05) is 25.7 Å². The van der Waals surface area contributed by atoms with Crippen LogP contribution in [-0.2, 0) is 17.8 Å². The van der Waals surface area contributed by atoms with Gasteiger partial charge in [-0.05, 0) is 114 Å². The summed E-state index contributed by atoms with van der Waals surface area (Å²) in [6.07, 6.45) is 18.5. The molecule has 0 aliphatic heterocycles. The predicted molar refractivity (Wildman–Crippen MR) is 243 cm³/mol. The van der Waals surface area contributed by atoms with Crippen molar-refractivity contribution in [2.45, 2.75) is 103 Å². The molecule has 0 spiro atoms. The van der Waals surface area contributed by atoms with Crippen LogP contribution in [0.3, 0.4) is 0 Å². The van der Waals surface area contributed by atoms with E-state index in [-0.39, 0.29) is 43.7 Å². The van der Waals surface area contributed by atoms with E-state index in [0.29, 0.717) is 28.3 Å². The van der Waals surface area contributed by atoms with E-state index in [2.05, 4.69) is 68.0 Å². The van der Waals surface area contributed by atoms with E-state index in [0.717, 1.165) is 71.4 Å². The lowest BCUT2D eigenvalue weighted by molar-refractivity contribution is 0.0575. The van der Waals surface area contributed by atoms with Crippen molar-refractivity contribution in [2.24, 2.45) is 11.8 Å². The number of nitrogens with zero attached hydrogens (tertiary/aromatic N) is 9. The molecule has 324 valence electrons. The van der Waals surface area contributed by atoms with Gasteiger partial charge < -0.3 is 30.9 Å². The maximum atomic E-state index is 13.4. The minimum Gasteiger partial charge on any atom is -0.443 e. The van der Waals surface area contributed by atoms with Crippen LogP contribution in [0.5, 0.6) is 0 Å². The third kappa shape index (κ3) is 11.3. The summed E-state index contributed by atoms with van der Waals surface area (Å²) in [7, 11) is 0. The summed E-state index contributed by atoms with van der Waals surface area (Å²) >= 11 is 7.06. The standard InChI is InChI=1S/C24H31BrN6O3.C19H23BrN6O/c1-24(2,3)34-23(33)30(14-16-8-10-26-11-9-16)21-12-20(29-22-18(25)13-27-31(21)22)28-19-7-5-4-6-17(19)15-32;20-15-11-23-26-18(22-10-13-5-7-21-8-6-13)9-17(25-19(15)26)24-16-4-2-1-3-14(16)12-27/h8-13,17,19,32H,4-7,14-15H2,1-3H3,(H,28,29);5-9,11,14,16,22,27H,1-4,10,12H2,(H,24,25)/t17-,19?;14-,16?/m11/s1. The lowest BCUT2D eigenvalue weighted by Gasteiger charge is -2.32. The average molecular weight is 963 g/mol. The van der Waals surface area contributed by atoms with E-state index in [1.54, 1.807) is 51.1 Å². The number of halogens is 2. The number of carbonyl (C=O) groups is 1. The Kier molecular flexibility index (Phi) is 14.7. The predicted octanol–water partition coefficient (Wildman–Crippen LogP) is 8.25. The molecule has 0 saturated heterocycles. The van der Waals surface area contributed by atoms with Crippen LogP contribution in [0.15, 0.2) is 82.5 Å². The van der Waals surface area contributed by atoms with E-state index in [1.165, 1.54) is 12.8 Å². The lowest BCUT2D eigenvalue weighted by Crippen LogP contribution is -2.38. The highest BCUT2D eigenvalue weighted by molar-refractivity contribution is 9.11. The van der Waals surface area contributed by atoms with Crippen LogP contribution in [0.2, 0.25) is 0 Å². The average Bonchev–Trinajstić information content (AvgIpc) is 3.83. The first-order valence-corrected chi connectivity index (χ1v) is 22.4. The first-order valence-electron chi connectivity index (χ1n) is 20.8. The number of rotatable bonds is 12. The minimum atomic E-state index is -0.665. The Morgan fingerprint density at radius 1 is 0.770 bits per heavy atom. The Labute approximate surface area is 372 Å². The zero-order chi connectivity index (χ0) is 42.9. The zero-order valence-electron chi connectivity index (χ0n) is 34.7. The van der Waals surface area contributed by atoms with Gasteiger partial charge >= 0.3 is 6.09 Å². The van der Waals surface area contributed by atoms with Gasteiger partial charge in [-0.15, -0.1) is 0 Å². The number of amides is 1. The molecule has 5 N–H and O–H groups in total. The van der Waals surface area contributed by atoms with E-state index < -0.39 is 11.7 Å². The number of ether oxygens (including phenoxy) is 1. The van der Waals surface area contributed by atoms with Crippen LogP contribution in [0, 0.1) is 11.8 Å². The van der Waals surface area contributed by atoms with Gasteiger partial charge in [0, 0.05) is 80.6 Å². The number of hydrogen-bond acceptors (Lipinski definition) is 13. The number of anilines is 4. The molecule has 2 aliphatic rings. The largest absolute Gasteiger partial charge is 0.443 e. The molecule has 18 heteroatoms. The molecule has 0 aromatic carbocycles. The normalized spacial score (nSPS) is 19.2. The van der Waals surface area contributed by atoms with E-state index >= 15 is 0 Å². The third-order valence-electron chi connectivity index (χ3n) is 11.0. The van der Waals surface area contributed by atoms with Crippen molar-refractivity contribution in [3.05, 3.63) is 93.7 Å². The van der Waals surface area contributed by atoms with Crippen molar-refractivity contribution in [1.29, 1.82) is 0 Å². The fourth-order valence-electron chi connectivity index (χ4n) is 7.85. The summed E-state index contributed by atoms with van der Waals surface area (Å²) in [5.41, 5.74) is 2.72. The number of carbonyl (C=O) groups excluding carboxylic acids is 1. The van der Waals surface area contributed by atoms with Gasteiger partial charge in [0.15, 0.2) is 11.3 Å². The molecule has 2 saturated carbocycles. The lowest BCUT2D eigenvalue weighted by atomic mass is 9.85. The topological polar surface area (TPSA) is 192 Å². The van der Waals surface area contributed by atoms with Crippen molar-refractivity contribution in [3.63, 3.8) is 0 Å². The highest BCUT2D eigenvalue weighted by Gasteiger charge is 2.30. The zero-order valence-corrected chi connectivity index (χ0v) is 37.9. The number of nitrogens with one attached hydrogen (secondary N) is 3. The summed E-state index contributed by atoms with van der Waals surface area (Å²) in [5.74, 6) is 3.26. The fraction of sp³-hybridized carbons (Fsp3) is 0.465. The second-order valence-electron chi connectivity index (χ2n) is 16.6. The van der Waals surface area contributed by atoms with E-state index in [4.69, 9.17) is 14.7 Å². The smallest absolute Gasteiger partial charge is 0.416 e. The monoisotopic (exact) mass is 960 g/mol. The molecule has 0 bridgehead atoms. The van der Waals surface area contributed by atoms with Crippen molar-refractivity contribution >= 4 is 72.5 Å². The molecule has 16 nitrogen and oxygen atoms in total. The van der Waals surface area contributed by atoms with Crippen LogP contribution in [0.1, 0.15) is 83.3 Å². The van der Waals surface area contributed by atoms with Gasteiger partial charge in [-0.25, -0.2) is 14.8 Å². The number of fused-ring (bicyclic) bond motifs is 2. The number of aromatic nitrogens is 8. The number of hydrogen-bond donors (Lipinski definition) is 5. The molecule has 4 atom stereocenters. The van der Waals surface area contributed by atoms with Crippen LogP contribution in [0.25, 0.3) is 11.3 Å². The molecule has 1 amide bonds. The second kappa shape index (κ2) is 20.3. The molecular weight excluding hydrogens is 908 g/mol. The van der Waals surface area contributed by atoms with Crippen molar-refractivity contribution in [1.82, 2.24) is 39.2 Å². The Balaban J connectivity index is 0.000000189. The molecule has 2 unspecified atom stereocenters. The number of aliphatic hydroxyl groups is 2. The Hall–Kier alpha value is -4.91. The minimum absolute atomic E-state index is 0.110. The molecule has 2 fully saturated rings. The van der Waals surface area contributed by atoms with Crippen molar-refractivity contribution in [3.8, 4) is 0 Å². The van der Waals surface area contributed by atoms with Gasteiger partial charge in [0.05, 0.1) is 27.9 Å². The Morgan fingerprint density at radius 3 is 1.84 bits per heavy atom. The van der Waals surface area contributed by atoms with Crippen LogP contribution in [0.4, 0.5) is 28.1 Å². The number of pyridine rings is 2. The molecule has 8 rings (SSSR count). The summed E-state index contributed by atoms with van der Waals surface area (Å²) in [6.45, 7) is 6.81. The summed E-state index contributed by atoms with van der Waals surface area (Å²) in [4.78, 5) is 32.5. The van der Waals surface area contributed by atoms with Crippen LogP contribution < -0.4 is 20.9 Å². The highest BCUT2D eigenvalue weighted by atomic mass is 79.9. The molecule has 61 heavy (non-hydrogen) atoms. The summed E-state index contributed by atoms with van der Waals surface area (Å²) in [6, 6.07) is 11.8. The van der Waals surface area contributed by atoms with Gasteiger partial charge in [0.2, 0.25) is 0 Å². The molecular formula is C43H54Br2N12O4. The maximum Gasteiger partial charge on any atom is 0.416 e. The van der Waals surface area contributed by atoms with Crippen LogP contribution >= 0.6 is 31.9 Å². The molecule has 2 aliphatic carbocycles. The maximum absolute atomic E-state index is 13.4. The highest BCUT2D eigenvalue weighted by Crippen LogP contribution is 2.32. The Morgan fingerprint density at radius 2 is 1.28 bits per heavy atom. The first-order chi connectivity index (χ1) is 29.5. The second-order valence-corrected chi connectivity index (χ2v) is 18.3. The van der Waals surface area contributed by atoms with Gasteiger partial charge in [0.25, 0.3) is 0 Å². The van der Waals surface area contributed by atoms with Crippen molar-refractivity contribution in [2.75, 3.05) is 34.1 Å². The van der Waals surface area contributed by atoms with Gasteiger partial charge in [-0.3, -0.25) is 14.9 Å². The first kappa shape index (κ1) is 44.2. The van der Waals surface area contributed by atoms with Crippen molar-refractivity contribution < 1.29 is 19.7 Å². The fourth-order valence-corrected chi connectivity index (χ4v) is 8.55. The van der Waals surface area contributed by atoms with E-state index in [9.17, 15) is 15.0 Å². The molecule has 6 heterocycles. The van der Waals surface area contributed by atoms with Gasteiger partial charge in [0.1, 0.15) is 28.9 Å². The molecule has 0 radical (unpaired) electrons. The molecule has 6 aromatic heterocycles. The SMILES string of the molecule is CC(C)(C)OC(=O)N(Cc1ccncc1)c1cc(NC2CCCC[C@@H]2CO)nc2c(Br)cnn12.OC[C@H]1CCCCC1Nc1cc(NCc2ccncc2)n2ncc(Br)c2n1. The summed E-state index contributed by atoms with van der Waals surface area (Å²) in [5, 5.41) is 38.9. The number of aliphatic hydroxyl groups excluding tert-OH is 2. The van der Waals surface area contributed by atoms with Crippen LogP contribution in [-0.4, -0.2) is 86.4 Å². The Bertz CT molecular complexity index is 2360. The van der Waals surface area contributed by atoms with E-state index in [1.807, 2.05) is 57.2 Å². The summed E-state index contributed by atoms with van der Waals surface area (Å²) < 4.78 is 10.7. The third-order valence-corrected chi connectivity index (χ3v) is 12.1. The quantitative estimate of drug-likeness (QED) is 0.0789. The van der Waals surface area contributed by atoms with Gasteiger partial charge in [-0.2, -0.15) is 19.2 Å². The molecule has 6 aromatic rings.